The number of fused-ring (bicyclic) bond motifs is 3. The molecule has 2 aliphatic rings. The molecule has 1 aliphatic carbocycles. The third kappa shape index (κ3) is 2.37. The van der Waals surface area contributed by atoms with Crippen LogP contribution < -0.4 is 4.90 Å². The SMILES string of the molecule is COCN1CN(C2CCCCC2)c2c(cnc3[nH]ccc23)C1=O. The van der Waals surface area contributed by atoms with Gasteiger partial charge < -0.3 is 14.6 Å². The van der Waals surface area contributed by atoms with Crippen molar-refractivity contribution < 1.29 is 9.53 Å². The van der Waals surface area contributed by atoms with E-state index in [1.54, 1.807) is 18.2 Å². The summed E-state index contributed by atoms with van der Waals surface area (Å²) in [6, 6.07) is 2.51. The molecule has 0 atom stereocenters. The zero-order valence-corrected chi connectivity index (χ0v) is 13.4. The minimum absolute atomic E-state index is 0.00418. The summed E-state index contributed by atoms with van der Waals surface area (Å²) >= 11 is 0. The number of aromatic amines is 1. The lowest BCUT2D eigenvalue weighted by molar-refractivity contribution is 0.0386. The van der Waals surface area contributed by atoms with Crippen LogP contribution in [-0.4, -0.2) is 47.3 Å². The summed E-state index contributed by atoms with van der Waals surface area (Å²) in [6.07, 6.45) is 9.79. The zero-order valence-electron chi connectivity index (χ0n) is 13.4. The molecule has 6 heteroatoms. The van der Waals surface area contributed by atoms with Gasteiger partial charge in [0.25, 0.3) is 5.91 Å². The summed E-state index contributed by atoms with van der Waals surface area (Å²) in [4.78, 5) is 24.5. The molecule has 23 heavy (non-hydrogen) atoms. The highest BCUT2D eigenvalue weighted by Gasteiger charge is 2.35. The molecule has 0 unspecified atom stereocenters. The first-order valence-electron chi connectivity index (χ1n) is 8.30. The van der Waals surface area contributed by atoms with Gasteiger partial charge in [0.1, 0.15) is 12.4 Å². The van der Waals surface area contributed by atoms with Crippen LogP contribution in [0.1, 0.15) is 42.5 Å². The van der Waals surface area contributed by atoms with Crippen LogP contribution in [0.4, 0.5) is 5.69 Å². The van der Waals surface area contributed by atoms with E-state index in [0.29, 0.717) is 25.0 Å². The molecule has 0 aromatic carbocycles. The van der Waals surface area contributed by atoms with Gasteiger partial charge in [-0.3, -0.25) is 9.69 Å². The van der Waals surface area contributed by atoms with Gasteiger partial charge in [0.15, 0.2) is 0 Å². The maximum atomic E-state index is 12.8. The first-order valence-corrected chi connectivity index (χ1v) is 8.30. The van der Waals surface area contributed by atoms with E-state index in [-0.39, 0.29) is 5.91 Å². The van der Waals surface area contributed by atoms with Crippen molar-refractivity contribution in [2.24, 2.45) is 0 Å². The molecular weight excluding hydrogens is 292 g/mol. The molecule has 0 radical (unpaired) electrons. The number of hydrogen-bond acceptors (Lipinski definition) is 4. The quantitative estimate of drug-likeness (QED) is 0.946. The number of carbonyl (C=O) groups excluding carboxylic acids is 1. The standard InChI is InChI=1S/C17H22N4O2/c1-23-11-20-10-21(12-5-3-2-4-6-12)15-13-7-8-18-16(13)19-9-14(15)17(20)22/h7-9,12H,2-6,10-11H2,1H3,(H,18,19). The Morgan fingerprint density at radius 3 is 2.96 bits per heavy atom. The lowest BCUT2D eigenvalue weighted by atomic mass is 9.92. The van der Waals surface area contributed by atoms with E-state index in [2.05, 4.69) is 14.9 Å². The van der Waals surface area contributed by atoms with Gasteiger partial charge in [-0.15, -0.1) is 0 Å². The van der Waals surface area contributed by atoms with E-state index in [1.165, 1.54) is 32.1 Å². The Kier molecular flexibility index (Phi) is 3.69. The molecular formula is C17H22N4O2. The number of rotatable bonds is 3. The van der Waals surface area contributed by atoms with Gasteiger partial charge in [-0.25, -0.2) is 4.98 Å². The summed E-state index contributed by atoms with van der Waals surface area (Å²) in [5, 5.41) is 1.04. The number of anilines is 1. The van der Waals surface area contributed by atoms with Gasteiger partial charge in [-0.1, -0.05) is 19.3 Å². The molecule has 2 aromatic heterocycles. The number of H-pyrrole nitrogens is 1. The summed E-state index contributed by atoms with van der Waals surface area (Å²) < 4.78 is 5.23. The Labute approximate surface area is 135 Å². The monoisotopic (exact) mass is 314 g/mol. The van der Waals surface area contributed by atoms with Crippen molar-refractivity contribution in [2.45, 2.75) is 38.1 Å². The van der Waals surface area contributed by atoms with Crippen molar-refractivity contribution in [1.29, 1.82) is 0 Å². The van der Waals surface area contributed by atoms with E-state index in [4.69, 9.17) is 4.74 Å². The van der Waals surface area contributed by atoms with Crippen molar-refractivity contribution >= 4 is 22.6 Å². The number of carbonyl (C=O) groups is 1. The average Bonchev–Trinajstić information content (AvgIpc) is 3.07. The number of nitrogens with zero attached hydrogens (tertiary/aromatic N) is 3. The number of hydrogen-bond donors (Lipinski definition) is 1. The van der Waals surface area contributed by atoms with Crippen molar-refractivity contribution in [3.05, 3.63) is 24.0 Å². The molecule has 4 rings (SSSR count). The highest BCUT2D eigenvalue weighted by atomic mass is 16.5. The van der Waals surface area contributed by atoms with Crippen LogP contribution in [0.2, 0.25) is 0 Å². The van der Waals surface area contributed by atoms with Crippen LogP contribution in [0.15, 0.2) is 18.5 Å². The second-order valence-electron chi connectivity index (χ2n) is 6.43. The molecule has 6 nitrogen and oxygen atoms in total. The van der Waals surface area contributed by atoms with E-state index < -0.39 is 0 Å². The number of pyridine rings is 1. The lowest BCUT2D eigenvalue weighted by Gasteiger charge is -2.43. The lowest BCUT2D eigenvalue weighted by Crippen LogP contribution is -2.51. The predicted octanol–water partition coefficient (Wildman–Crippen LogP) is 2.72. The molecule has 1 fully saturated rings. The molecule has 2 aromatic rings. The van der Waals surface area contributed by atoms with Crippen molar-refractivity contribution in [3.8, 4) is 0 Å². The minimum atomic E-state index is 0.00418. The normalized spacial score (nSPS) is 19.4. The second kappa shape index (κ2) is 5.85. The van der Waals surface area contributed by atoms with E-state index in [0.717, 1.165) is 16.7 Å². The van der Waals surface area contributed by atoms with Gasteiger partial charge in [0.05, 0.1) is 17.9 Å². The Bertz CT molecular complexity index is 720. The molecule has 3 heterocycles. The smallest absolute Gasteiger partial charge is 0.260 e. The Morgan fingerprint density at radius 1 is 1.35 bits per heavy atom. The van der Waals surface area contributed by atoms with Crippen molar-refractivity contribution in [2.75, 3.05) is 25.4 Å². The van der Waals surface area contributed by atoms with Gasteiger partial charge in [0.2, 0.25) is 0 Å². The van der Waals surface area contributed by atoms with Crippen LogP contribution in [0.3, 0.4) is 0 Å². The van der Waals surface area contributed by atoms with Gasteiger partial charge in [0, 0.05) is 30.9 Å². The van der Waals surface area contributed by atoms with Gasteiger partial charge >= 0.3 is 0 Å². The molecule has 0 bridgehead atoms. The van der Waals surface area contributed by atoms with Crippen molar-refractivity contribution in [1.82, 2.24) is 14.9 Å². The first-order chi connectivity index (χ1) is 11.3. The maximum Gasteiger partial charge on any atom is 0.260 e. The number of aromatic nitrogens is 2. The van der Waals surface area contributed by atoms with E-state index in [9.17, 15) is 4.79 Å². The third-order valence-corrected chi connectivity index (χ3v) is 4.99. The highest BCUT2D eigenvalue weighted by Crippen LogP contribution is 2.37. The molecule has 1 amide bonds. The van der Waals surface area contributed by atoms with Crippen LogP contribution >= 0.6 is 0 Å². The number of nitrogens with one attached hydrogen (secondary N) is 1. The van der Waals surface area contributed by atoms with Crippen LogP contribution in [0.25, 0.3) is 11.0 Å². The average molecular weight is 314 g/mol. The highest BCUT2D eigenvalue weighted by molar-refractivity contribution is 6.08. The fraction of sp³-hybridized carbons (Fsp3) is 0.529. The molecule has 1 aliphatic heterocycles. The van der Waals surface area contributed by atoms with Crippen LogP contribution in [0.5, 0.6) is 0 Å². The Hall–Kier alpha value is -2.08. The predicted molar refractivity (Wildman–Crippen MR) is 88.4 cm³/mol. The molecule has 1 saturated carbocycles. The molecule has 0 saturated heterocycles. The Morgan fingerprint density at radius 2 is 2.17 bits per heavy atom. The number of methoxy groups -OCH3 is 1. The maximum absolute atomic E-state index is 12.8. The minimum Gasteiger partial charge on any atom is -0.364 e. The fourth-order valence-corrected chi connectivity index (χ4v) is 3.90. The molecule has 0 spiro atoms. The van der Waals surface area contributed by atoms with Crippen molar-refractivity contribution in [3.63, 3.8) is 0 Å². The van der Waals surface area contributed by atoms with Gasteiger partial charge in [-0.05, 0) is 18.9 Å². The topological polar surface area (TPSA) is 61.5 Å². The summed E-state index contributed by atoms with van der Waals surface area (Å²) in [6.45, 7) is 0.904. The molecule has 122 valence electrons. The van der Waals surface area contributed by atoms with E-state index >= 15 is 0 Å². The number of amides is 1. The zero-order chi connectivity index (χ0) is 15.8. The van der Waals surface area contributed by atoms with Gasteiger partial charge in [-0.2, -0.15) is 0 Å². The van der Waals surface area contributed by atoms with E-state index in [1.807, 2.05) is 12.3 Å². The third-order valence-electron chi connectivity index (χ3n) is 4.99. The second-order valence-corrected chi connectivity index (χ2v) is 6.43. The fourth-order valence-electron chi connectivity index (χ4n) is 3.90. The number of ether oxygens (including phenoxy) is 1. The summed E-state index contributed by atoms with van der Waals surface area (Å²) in [5.74, 6) is 0.00418. The Balaban J connectivity index is 1.83. The molecule has 1 N–H and O–H groups in total. The summed E-state index contributed by atoms with van der Waals surface area (Å²) in [7, 11) is 1.63. The van der Waals surface area contributed by atoms with Crippen LogP contribution in [-0.2, 0) is 4.74 Å². The van der Waals surface area contributed by atoms with Crippen LogP contribution in [0, 0.1) is 0 Å². The first kappa shape index (κ1) is 14.5. The summed E-state index contributed by atoms with van der Waals surface area (Å²) in [5.41, 5.74) is 2.57. The largest absolute Gasteiger partial charge is 0.364 e.